The van der Waals surface area contributed by atoms with Crippen LogP contribution in [-0.2, 0) is 11.3 Å². The van der Waals surface area contributed by atoms with E-state index in [0.717, 1.165) is 43.6 Å². The van der Waals surface area contributed by atoms with E-state index in [1.165, 1.54) is 0 Å². The number of amides is 1. The van der Waals surface area contributed by atoms with Crippen molar-refractivity contribution in [2.24, 2.45) is 5.73 Å². The van der Waals surface area contributed by atoms with Gasteiger partial charge in [0.15, 0.2) is 0 Å². The van der Waals surface area contributed by atoms with Crippen LogP contribution in [0.1, 0.15) is 33.1 Å². The minimum absolute atomic E-state index is 0.0876. The zero-order chi connectivity index (χ0) is 18.6. The van der Waals surface area contributed by atoms with E-state index in [0.29, 0.717) is 6.54 Å². The number of hydrogen-bond acceptors (Lipinski definition) is 5. The molecule has 2 aromatic rings. The first-order chi connectivity index (χ1) is 12.4. The minimum Gasteiger partial charge on any atom is -0.337 e. The predicted octanol–water partition coefficient (Wildman–Crippen LogP) is 1.61. The standard InChI is InChI=1S/C19H28N6O/c1-19(2,23-12-18(26)25-9-4-6-17(25)20)7-10-24-13-16(22-14-24)15-5-3-8-21-11-15/h3,5,8,11,13-14,17,23H,4,6-7,9-10,12,20H2,1-2H3. The number of likely N-dealkylation sites (tertiary alicyclic amines) is 1. The first-order valence-corrected chi connectivity index (χ1v) is 9.17. The molecular formula is C19H28N6O. The summed E-state index contributed by atoms with van der Waals surface area (Å²) in [7, 11) is 0. The van der Waals surface area contributed by atoms with Crippen LogP contribution < -0.4 is 11.1 Å². The van der Waals surface area contributed by atoms with Gasteiger partial charge in [-0.2, -0.15) is 0 Å². The number of hydrogen-bond donors (Lipinski definition) is 2. The Hall–Kier alpha value is -2.25. The molecule has 3 rings (SSSR count). The van der Waals surface area contributed by atoms with Crippen LogP contribution in [0.25, 0.3) is 11.3 Å². The van der Waals surface area contributed by atoms with Gasteiger partial charge < -0.3 is 20.5 Å². The van der Waals surface area contributed by atoms with Gasteiger partial charge in [-0.3, -0.25) is 9.78 Å². The lowest BCUT2D eigenvalue weighted by molar-refractivity contribution is -0.131. The van der Waals surface area contributed by atoms with Crippen LogP contribution in [0.4, 0.5) is 0 Å². The quantitative estimate of drug-likeness (QED) is 0.787. The van der Waals surface area contributed by atoms with Crippen molar-refractivity contribution in [2.45, 2.75) is 51.4 Å². The number of carbonyl (C=O) groups is 1. The van der Waals surface area contributed by atoms with Crippen LogP contribution in [0.2, 0.25) is 0 Å². The molecule has 1 aliphatic rings. The molecule has 1 unspecified atom stereocenters. The zero-order valence-electron chi connectivity index (χ0n) is 15.6. The van der Waals surface area contributed by atoms with Gasteiger partial charge in [-0.05, 0) is 45.2 Å². The normalized spacial score (nSPS) is 17.7. The Labute approximate surface area is 154 Å². The summed E-state index contributed by atoms with van der Waals surface area (Å²) in [6.07, 6.45) is 10.1. The Morgan fingerprint density at radius 3 is 3.00 bits per heavy atom. The van der Waals surface area contributed by atoms with E-state index in [2.05, 4.69) is 33.7 Å². The summed E-state index contributed by atoms with van der Waals surface area (Å²) in [6, 6.07) is 3.91. The molecule has 0 bridgehead atoms. The average Bonchev–Trinajstić information content (AvgIpc) is 3.28. The maximum atomic E-state index is 12.3. The molecule has 1 aliphatic heterocycles. The second-order valence-electron chi connectivity index (χ2n) is 7.52. The summed E-state index contributed by atoms with van der Waals surface area (Å²) in [5.74, 6) is 0.0876. The number of imidazole rings is 1. The summed E-state index contributed by atoms with van der Waals surface area (Å²) in [4.78, 5) is 22.7. The van der Waals surface area contributed by atoms with Crippen LogP contribution >= 0.6 is 0 Å². The fraction of sp³-hybridized carbons (Fsp3) is 0.526. The third-order valence-corrected chi connectivity index (χ3v) is 4.92. The van der Waals surface area contributed by atoms with Crippen molar-refractivity contribution >= 4 is 5.91 Å². The monoisotopic (exact) mass is 356 g/mol. The number of nitrogens with zero attached hydrogens (tertiary/aromatic N) is 4. The van der Waals surface area contributed by atoms with Crippen molar-refractivity contribution in [2.75, 3.05) is 13.1 Å². The molecule has 26 heavy (non-hydrogen) atoms. The highest BCUT2D eigenvalue weighted by atomic mass is 16.2. The highest BCUT2D eigenvalue weighted by Crippen LogP contribution is 2.17. The van der Waals surface area contributed by atoms with Gasteiger partial charge in [-0.1, -0.05) is 0 Å². The van der Waals surface area contributed by atoms with Gasteiger partial charge >= 0.3 is 0 Å². The van der Waals surface area contributed by atoms with E-state index in [-0.39, 0.29) is 17.6 Å². The number of carbonyl (C=O) groups excluding carboxylic acids is 1. The molecule has 0 radical (unpaired) electrons. The molecule has 1 saturated heterocycles. The molecule has 1 amide bonds. The number of aryl methyl sites for hydroxylation is 1. The molecule has 3 heterocycles. The van der Waals surface area contributed by atoms with Gasteiger partial charge in [0.25, 0.3) is 0 Å². The van der Waals surface area contributed by atoms with Crippen molar-refractivity contribution in [3.63, 3.8) is 0 Å². The SMILES string of the molecule is CC(C)(CCn1cnc(-c2cccnc2)c1)NCC(=O)N1CCCC1N. The average molecular weight is 356 g/mol. The third kappa shape index (κ3) is 4.68. The Kier molecular flexibility index (Phi) is 5.68. The van der Waals surface area contributed by atoms with Gasteiger partial charge in [-0.15, -0.1) is 0 Å². The van der Waals surface area contributed by atoms with E-state index in [1.807, 2.05) is 30.9 Å². The molecule has 140 valence electrons. The lowest BCUT2D eigenvalue weighted by Crippen LogP contribution is -2.49. The summed E-state index contributed by atoms with van der Waals surface area (Å²) >= 11 is 0. The molecule has 1 atom stereocenters. The Balaban J connectivity index is 1.49. The maximum Gasteiger partial charge on any atom is 0.237 e. The van der Waals surface area contributed by atoms with E-state index < -0.39 is 0 Å². The maximum absolute atomic E-state index is 12.3. The molecule has 0 spiro atoms. The van der Waals surface area contributed by atoms with Gasteiger partial charge in [0.2, 0.25) is 5.91 Å². The summed E-state index contributed by atoms with van der Waals surface area (Å²) in [5, 5.41) is 3.37. The van der Waals surface area contributed by atoms with Crippen molar-refractivity contribution in [1.29, 1.82) is 0 Å². The van der Waals surface area contributed by atoms with Crippen molar-refractivity contribution in [3.05, 3.63) is 37.1 Å². The minimum atomic E-state index is -0.155. The fourth-order valence-corrected chi connectivity index (χ4v) is 3.16. The Morgan fingerprint density at radius 2 is 2.31 bits per heavy atom. The molecule has 7 nitrogen and oxygen atoms in total. The summed E-state index contributed by atoms with van der Waals surface area (Å²) in [6.45, 7) is 6.15. The molecule has 0 aliphatic carbocycles. The Bertz CT molecular complexity index is 727. The number of nitrogens with two attached hydrogens (primary N) is 1. The van der Waals surface area contributed by atoms with Gasteiger partial charge in [0, 0.05) is 42.8 Å². The lowest BCUT2D eigenvalue weighted by atomic mass is 10.0. The first kappa shape index (κ1) is 18.5. The summed E-state index contributed by atoms with van der Waals surface area (Å²) in [5.41, 5.74) is 7.74. The van der Waals surface area contributed by atoms with Crippen molar-refractivity contribution in [3.8, 4) is 11.3 Å². The van der Waals surface area contributed by atoms with Gasteiger partial charge in [0.05, 0.1) is 24.7 Å². The number of rotatable bonds is 7. The third-order valence-electron chi connectivity index (χ3n) is 4.92. The number of nitrogens with one attached hydrogen (secondary N) is 1. The number of aromatic nitrogens is 3. The van der Waals surface area contributed by atoms with Crippen LogP contribution in [0.5, 0.6) is 0 Å². The smallest absolute Gasteiger partial charge is 0.237 e. The highest BCUT2D eigenvalue weighted by molar-refractivity contribution is 5.78. The highest BCUT2D eigenvalue weighted by Gasteiger charge is 2.27. The molecule has 0 aromatic carbocycles. The second kappa shape index (κ2) is 7.97. The Morgan fingerprint density at radius 1 is 1.46 bits per heavy atom. The van der Waals surface area contributed by atoms with Gasteiger partial charge in [-0.25, -0.2) is 4.98 Å². The van der Waals surface area contributed by atoms with E-state index in [4.69, 9.17) is 5.73 Å². The van der Waals surface area contributed by atoms with Crippen molar-refractivity contribution in [1.82, 2.24) is 24.8 Å². The predicted molar refractivity (Wildman–Crippen MR) is 101 cm³/mol. The lowest BCUT2D eigenvalue weighted by Gasteiger charge is -2.28. The largest absolute Gasteiger partial charge is 0.337 e. The summed E-state index contributed by atoms with van der Waals surface area (Å²) < 4.78 is 2.07. The zero-order valence-corrected chi connectivity index (χ0v) is 15.6. The molecule has 0 saturated carbocycles. The molecule has 1 fully saturated rings. The fourth-order valence-electron chi connectivity index (χ4n) is 3.16. The number of pyridine rings is 1. The van der Waals surface area contributed by atoms with Crippen LogP contribution in [-0.4, -0.2) is 50.1 Å². The molecule has 7 heteroatoms. The molecule has 2 aromatic heterocycles. The van der Waals surface area contributed by atoms with Crippen LogP contribution in [0.15, 0.2) is 37.1 Å². The topological polar surface area (TPSA) is 89.1 Å². The van der Waals surface area contributed by atoms with Crippen molar-refractivity contribution < 1.29 is 4.79 Å². The van der Waals surface area contributed by atoms with E-state index in [9.17, 15) is 4.79 Å². The van der Waals surface area contributed by atoms with Gasteiger partial charge in [0.1, 0.15) is 0 Å². The first-order valence-electron chi connectivity index (χ1n) is 9.17. The van der Waals surface area contributed by atoms with E-state index >= 15 is 0 Å². The molecular weight excluding hydrogens is 328 g/mol. The van der Waals surface area contributed by atoms with Crippen LogP contribution in [0, 0.1) is 0 Å². The van der Waals surface area contributed by atoms with Crippen LogP contribution in [0.3, 0.4) is 0 Å². The molecule has 3 N–H and O–H groups in total. The van der Waals surface area contributed by atoms with E-state index in [1.54, 1.807) is 11.1 Å². The second-order valence-corrected chi connectivity index (χ2v) is 7.52.